The Labute approximate surface area is 146 Å². The molecule has 2 aliphatic rings. The molecule has 2 fully saturated rings. The van der Waals surface area contributed by atoms with E-state index in [9.17, 15) is 4.79 Å². The van der Waals surface area contributed by atoms with Crippen LogP contribution in [0.3, 0.4) is 0 Å². The molecule has 0 aromatic carbocycles. The van der Waals surface area contributed by atoms with Gasteiger partial charge in [0.15, 0.2) is 0 Å². The molecule has 0 unspecified atom stereocenters. The molecule has 0 radical (unpaired) electrons. The highest BCUT2D eigenvalue weighted by molar-refractivity contribution is 5.81. The molecule has 25 heavy (non-hydrogen) atoms. The number of nitrogens with one attached hydrogen (secondary N) is 1. The normalized spacial score (nSPS) is 23.1. The van der Waals surface area contributed by atoms with Crippen LogP contribution in [0.5, 0.6) is 0 Å². The maximum absolute atomic E-state index is 12.3. The third kappa shape index (κ3) is 3.08. The van der Waals surface area contributed by atoms with Crippen molar-refractivity contribution in [2.24, 2.45) is 5.92 Å². The number of rotatable bonds is 4. The van der Waals surface area contributed by atoms with Crippen LogP contribution < -0.4 is 10.2 Å². The van der Waals surface area contributed by atoms with E-state index < -0.39 is 0 Å². The molecule has 1 saturated carbocycles. The molecule has 1 N–H and O–H groups in total. The predicted octanol–water partition coefficient (Wildman–Crippen LogP) is 0.949. The molecule has 4 rings (SSSR count). The Kier molecular flexibility index (Phi) is 3.89. The predicted molar refractivity (Wildman–Crippen MR) is 92.2 cm³/mol. The second kappa shape index (κ2) is 6.09. The van der Waals surface area contributed by atoms with Crippen LogP contribution in [0.2, 0.25) is 0 Å². The average Bonchev–Trinajstić information content (AvgIpc) is 3.13. The van der Waals surface area contributed by atoms with Gasteiger partial charge in [-0.05, 0) is 33.6 Å². The first-order valence-corrected chi connectivity index (χ1v) is 8.76. The van der Waals surface area contributed by atoms with E-state index in [1.165, 1.54) is 0 Å². The van der Waals surface area contributed by atoms with Crippen LogP contribution in [0.1, 0.15) is 36.0 Å². The van der Waals surface area contributed by atoms with Crippen LogP contribution in [0.25, 0.3) is 0 Å². The first-order chi connectivity index (χ1) is 12.0. The lowest BCUT2D eigenvalue weighted by atomic mass is 10.1. The highest BCUT2D eigenvalue weighted by Crippen LogP contribution is 2.32. The molecular weight excluding hydrogens is 318 g/mol. The van der Waals surface area contributed by atoms with Gasteiger partial charge in [-0.25, -0.2) is 14.6 Å². The number of aryl methyl sites for hydroxylation is 2. The molecular formula is C17H23N7O. The second-order valence-electron chi connectivity index (χ2n) is 7.05. The molecule has 8 heteroatoms. The molecule has 0 spiro atoms. The Morgan fingerprint density at radius 2 is 2.00 bits per heavy atom. The smallest absolute Gasteiger partial charge is 0.223 e. The molecule has 3 heterocycles. The lowest BCUT2D eigenvalue weighted by Gasteiger charge is -2.20. The third-order valence-corrected chi connectivity index (χ3v) is 5.12. The summed E-state index contributed by atoms with van der Waals surface area (Å²) in [7, 11) is 0. The van der Waals surface area contributed by atoms with Gasteiger partial charge in [-0.2, -0.15) is 0 Å². The SMILES string of the molecule is Cc1nc(C)c(C)c(N2C[C@@H](NC(=O)C3CC3)[C@@H](n3ccnn3)C2)n1. The minimum Gasteiger partial charge on any atom is -0.352 e. The maximum Gasteiger partial charge on any atom is 0.223 e. The van der Waals surface area contributed by atoms with Gasteiger partial charge in [-0.3, -0.25) is 4.79 Å². The summed E-state index contributed by atoms with van der Waals surface area (Å²) >= 11 is 0. The van der Waals surface area contributed by atoms with Crippen molar-refractivity contribution < 1.29 is 4.79 Å². The fourth-order valence-corrected chi connectivity index (χ4v) is 3.47. The van der Waals surface area contributed by atoms with Gasteiger partial charge < -0.3 is 10.2 Å². The zero-order chi connectivity index (χ0) is 17.6. The fourth-order valence-electron chi connectivity index (χ4n) is 3.47. The summed E-state index contributed by atoms with van der Waals surface area (Å²) in [6, 6.07) is 0.0324. The summed E-state index contributed by atoms with van der Waals surface area (Å²) in [6.07, 6.45) is 5.53. The fraction of sp³-hybridized carbons (Fsp3) is 0.588. The van der Waals surface area contributed by atoms with Crippen molar-refractivity contribution in [1.29, 1.82) is 0 Å². The zero-order valence-corrected chi connectivity index (χ0v) is 14.8. The van der Waals surface area contributed by atoms with E-state index in [4.69, 9.17) is 0 Å². The van der Waals surface area contributed by atoms with Crippen molar-refractivity contribution in [2.75, 3.05) is 18.0 Å². The zero-order valence-electron chi connectivity index (χ0n) is 14.8. The molecule has 2 atom stereocenters. The number of aromatic nitrogens is 5. The van der Waals surface area contributed by atoms with Gasteiger partial charge in [-0.15, -0.1) is 5.10 Å². The van der Waals surface area contributed by atoms with E-state index in [1.54, 1.807) is 6.20 Å². The minimum atomic E-state index is -0.00947. The van der Waals surface area contributed by atoms with Gasteiger partial charge in [0.05, 0.1) is 18.3 Å². The third-order valence-electron chi connectivity index (χ3n) is 5.12. The van der Waals surface area contributed by atoms with Gasteiger partial charge >= 0.3 is 0 Å². The molecule has 1 aliphatic carbocycles. The molecule has 8 nitrogen and oxygen atoms in total. The van der Waals surface area contributed by atoms with E-state index in [0.29, 0.717) is 6.54 Å². The van der Waals surface area contributed by atoms with Crippen molar-refractivity contribution in [1.82, 2.24) is 30.3 Å². The summed E-state index contributed by atoms with van der Waals surface area (Å²) in [5.41, 5.74) is 2.07. The molecule has 2 aromatic rings. The number of carbonyl (C=O) groups excluding carboxylic acids is 1. The van der Waals surface area contributed by atoms with Crippen LogP contribution in [0, 0.1) is 26.7 Å². The average molecular weight is 341 g/mol. The van der Waals surface area contributed by atoms with Gasteiger partial charge in [0, 0.05) is 36.5 Å². The lowest BCUT2D eigenvalue weighted by molar-refractivity contribution is -0.123. The van der Waals surface area contributed by atoms with E-state index in [0.717, 1.165) is 42.3 Å². The van der Waals surface area contributed by atoms with Gasteiger partial charge in [0.1, 0.15) is 11.6 Å². The van der Waals surface area contributed by atoms with E-state index >= 15 is 0 Å². The van der Waals surface area contributed by atoms with E-state index in [1.807, 2.05) is 31.6 Å². The van der Waals surface area contributed by atoms with Gasteiger partial charge in [0.2, 0.25) is 5.91 Å². The Morgan fingerprint density at radius 1 is 1.20 bits per heavy atom. The summed E-state index contributed by atoms with van der Waals surface area (Å²) < 4.78 is 1.84. The number of hydrogen-bond donors (Lipinski definition) is 1. The number of hydrogen-bond acceptors (Lipinski definition) is 6. The highest BCUT2D eigenvalue weighted by atomic mass is 16.2. The maximum atomic E-state index is 12.3. The van der Waals surface area contributed by atoms with Crippen molar-refractivity contribution in [3.63, 3.8) is 0 Å². The molecule has 1 aliphatic heterocycles. The standard InChI is InChI=1S/C17H23N7O/c1-10-11(2)19-12(3)20-16(10)23-8-14(21-17(25)13-4-5-13)15(9-23)24-7-6-18-22-24/h6-7,13-15H,4-5,8-9H2,1-3H3,(H,21,25)/t14-,15+/m1/s1. The molecule has 1 saturated heterocycles. The number of carbonyl (C=O) groups is 1. The largest absolute Gasteiger partial charge is 0.352 e. The van der Waals surface area contributed by atoms with Crippen LogP contribution in [0.4, 0.5) is 5.82 Å². The van der Waals surface area contributed by atoms with Gasteiger partial charge in [-0.1, -0.05) is 5.21 Å². The molecule has 132 valence electrons. The summed E-state index contributed by atoms with van der Waals surface area (Å²) in [6.45, 7) is 7.40. The highest BCUT2D eigenvalue weighted by Gasteiger charge is 2.39. The van der Waals surface area contributed by atoms with Crippen molar-refractivity contribution >= 4 is 11.7 Å². The monoisotopic (exact) mass is 341 g/mol. The lowest BCUT2D eigenvalue weighted by Crippen LogP contribution is -2.42. The summed E-state index contributed by atoms with van der Waals surface area (Å²) in [4.78, 5) is 23.6. The first-order valence-electron chi connectivity index (χ1n) is 8.76. The molecule has 2 aromatic heterocycles. The number of nitrogens with zero attached hydrogens (tertiary/aromatic N) is 6. The second-order valence-corrected chi connectivity index (χ2v) is 7.05. The van der Waals surface area contributed by atoms with E-state index in [-0.39, 0.29) is 23.9 Å². The Bertz CT molecular complexity index is 785. The number of anilines is 1. The van der Waals surface area contributed by atoms with Gasteiger partial charge in [0.25, 0.3) is 0 Å². The Hall–Kier alpha value is -2.51. The molecule has 0 bridgehead atoms. The van der Waals surface area contributed by atoms with E-state index in [2.05, 4.69) is 30.5 Å². The minimum absolute atomic E-state index is 0.00947. The quantitative estimate of drug-likeness (QED) is 0.891. The topological polar surface area (TPSA) is 88.8 Å². The van der Waals surface area contributed by atoms with Crippen LogP contribution in [0.15, 0.2) is 12.4 Å². The Balaban J connectivity index is 1.62. The first kappa shape index (κ1) is 16.0. The Morgan fingerprint density at radius 3 is 2.68 bits per heavy atom. The van der Waals surface area contributed by atoms with Crippen molar-refractivity contribution in [3.05, 3.63) is 29.5 Å². The van der Waals surface area contributed by atoms with Crippen LogP contribution in [-0.4, -0.2) is 50.0 Å². The van der Waals surface area contributed by atoms with Crippen LogP contribution >= 0.6 is 0 Å². The van der Waals surface area contributed by atoms with Crippen LogP contribution in [-0.2, 0) is 4.79 Å². The molecule has 1 amide bonds. The van der Waals surface area contributed by atoms with Crippen molar-refractivity contribution in [3.8, 4) is 0 Å². The summed E-state index contributed by atoms with van der Waals surface area (Å²) in [5.74, 6) is 2.05. The summed E-state index contributed by atoms with van der Waals surface area (Å²) in [5, 5.41) is 11.3. The van der Waals surface area contributed by atoms with Crippen molar-refractivity contribution in [2.45, 2.75) is 45.7 Å². The number of amides is 1.